The molecule has 4 nitrogen and oxygen atoms in total. The Morgan fingerprint density at radius 1 is 1.53 bits per heavy atom. The van der Waals surface area contributed by atoms with Crippen LogP contribution in [-0.2, 0) is 17.6 Å². The van der Waals surface area contributed by atoms with Crippen LogP contribution >= 0.6 is 0 Å². The summed E-state index contributed by atoms with van der Waals surface area (Å²) in [7, 11) is 1.73. The van der Waals surface area contributed by atoms with Gasteiger partial charge in [-0.05, 0) is 26.2 Å². The van der Waals surface area contributed by atoms with E-state index in [2.05, 4.69) is 21.7 Å². The SMILES string of the molecule is COCCCc1nc2n(n1)C(C)CCC2. The van der Waals surface area contributed by atoms with Crippen molar-refractivity contribution in [3.8, 4) is 0 Å². The lowest BCUT2D eigenvalue weighted by Crippen LogP contribution is -2.16. The minimum atomic E-state index is 0.525. The fourth-order valence-corrected chi connectivity index (χ4v) is 2.09. The highest BCUT2D eigenvalue weighted by Crippen LogP contribution is 2.22. The first-order valence-corrected chi connectivity index (χ1v) is 5.74. The van der Waals surface area contributed by atoms with Crippen LogP contribution in [0, 0.1) is 0 Å². The summed E-state index contributed by atoms with van der Waals surface area (Å²) >= 11 is 0. The van der Waals surface area contributed by atoms with Gasteiger partial charge < -0.3 is 4.74 Å². The molecule has 0 amide bonds. The van der Waals surface area contributed by atoms with E-state index in [9.17, 15) is 0 Å². The second-order valence-corrected chi connectivity index (χ2v) is 4.23. The van der Waals surface area contributed by atoms with Gasteiger partial charge in [0, 0.05) is 26.6 Å². The third kappa shape index (κ3) is 2.37. The lowest BCUT2D eigenvalue weighted by Gasteiger charge is -2.18. The molecule has 1 aromatic heterocycles. The Kier molecular flexibility index (Phi) is 3.36. The van der Waals surface area contributed by atoms with E-state index >= 15 is 0 Å². The maximum absolute atomic E-state index is 5.02. The number of fused-ring (bicyclic) bond motifs is 1. The summed E-state index contributed by atoms with van der Waals surface area (Å²) in [6, 6.07) is 0.525. The number of nitrogens with zero attached hydrogens (tertiary/aromatic N) is 3. The second-order valence-electron chi connectivity index (χ2n) is 4.23. The number of hydrogen-bond donors (Lipinski definition) is 0. The van der Waals surface area contributed by atoms with Gasteiger partial charge in [0.25, 0.3) is 0 Å². The summed E-state index contributed by atoms with van der Waals surface area (Å²) in [5.41, 5.74) is 0. The van der Waals surface area contributed by atoms with Crippen molar-refractivity contribution in [1.82, 2.24) is 14.8 Å². The van der Waals surface area contributed by atoms with Crippen molar-refractivity contribution in [3.63, 3.8) is 0 Å². The Hall–Kier alpha value is -0.900. The fraction of sp³-hybridized carbons (Fsp3) is 0.818. The van der Waals surface area contributed by atoms with Crippen LogP contribution < -0.4 is 0 Å². The summed E-state index contributed by atoms with van der Waals surface area (Å²) in [5, 5.41) is 4.55. The van der Waals surface area contributed by atoms with E-state index in [1.54, 1.807) is 7.11 Å². The number of aromatic nitrogens is 3. The maximum atomic E-state index is 5.02. The highest BCUT2D eigenvalue weighted by atomic mass is 16.5. The Balaban J connectivity index is 2.01. The molecule has 1 atom stereocenters. The highest BCUT2D eigenvalue weighted by Gasteiger charge is 2.19. The second kappa shape index (κ2) is 4.75. The summed E-state index contributed by atoms with van der Waals surface area (Å²) in [6.45, 7) is 3.01. The van der Waals surface area contributed by atoms with Crippen LogP contribution in [0.2, 0.25) is 0 Å². The molecule has 0 aromatic carbocycles. The molecule has 0 saturated heterocycles. The highest BCUT2D eigenvalue weighted by molar-refractivity contribution is 4.98. The number of hydrogen-bond acceptors (Lipinski definition) is 3. The predicted molar refractivity (Wildman–Crippen MR) is 57.9 cm³/mol. The van der Waals surface area contributed by atoms with Crippen LogP contribution in [0.4, 0.5) is 0 Å². The molecule has 0 radical (unpaired) electrons. The molecule has 1 unspecified atom stereocenters. The minimum Gasteiger partial charge on any atom is -0.385 e. The van der Waals surface area contributed by atoms with E-state index in [0.717, 1.165) is 31.7 Å². The molecule has 1 aliphatic heterocycles. The van der Waals surface area contributed by atoms with Gasteiger partial charge >= 0.3 is 0 Å². The van der Waals surface area contributed by atoms with E-state index in [1.807, 2.05) is 0 Å². The van der Waals surface area contributed by atoms with Crippen LogP contribution in [-0.4, -0.2) is 28.5 Å². The van der Waals surface area contributed by atoms with Crippen LogP contribution in [0.5, 0.6) is 0 Å². The van der Waals surface area contributed by atoms with Crippen molar-refractivity contribution in [1.29, 1.82) is 0 Å². The molecule has 4 heteroatoms. The molecule has 1 aromatic rings. The zero-order valence-electron chi connectivity index (χ0n) is 9.57. The Bertz CT molecular complexity index is 322. The summed E-state index contributed by atoms with van der Waals surface area (Å²) in [4.78, 5) is 4.57. The van der Waals surface area contributed by atoms with E-state index in [-0.39, 0.29) is 0 Å². The molecule has 0 spiro atoms. The van der Waals surface area contributed by atoms with Crippen molar-refractivity contribution < 1.29 is 4.74 Å². The van der Waals surface area contributed by atoms with Gasteiger partial charge in [0.1, 0.15) is 5.82 Å². The maximum Gasteiger partial charge on any atom is 0.151 e. The van der Waals surface area contributed by atoms with Crippen LogP contribution in [0.1, 0.15) is 43.9 Å². The Labute approximate surface area is 90.7 Å². The molecule has 0 saturated carbocycles. The lowest BCUT2D eigenvalue weighted by molar-refractivity contribution is 0.194. The number of rotatable bonds is 4. The zero-order chi connectivity index (χ0) is 10.7. The molecule has 15 heavy (non-hydrogen) atoms. The molecule has 0 bridgehead atoms. The summed E-state index contributed by atoms with van der Waals surface area (Å²) in [6.07, 6.45) is 5.50. The van der Waals surface area contributed by atoms with Crippen molar-refractivity contribution in [3.05, 3.63) is 11.6 Å². The molecular weight excluding hydrogens is 190 g/mol. The van der Waals surface area contributed by atoms with Gasteiger partial charge in [-0.2, -0.15) is 5.10 Å². The number of methoxy groups -OCH3 is 1. The predicted octanol–water partition coefficient (Wildman–Crippen LogP) is 1.75. The number of aryl methyl sites for hydroxylation is 2. The molecule has 2 rings (SSSR count). The standard InChI is InChI=1S/C11H19N3O/c1-9-5-3-7-11-12-10(13-14(9)11)6-4-8-15-2/h9H,3-8H2,1-2H3. The topological polar surface area (TPSA) is 39.9 Å². The Morgan fingerprint density at radius 2 is 2.40 bits per heavy atom. The van der Waals surface area contributed by atoms with Crippen LogP contribution in [0.3, 0.4) is 0 Å². The first kappa shape index (κ1) is 10.6. The first-order chi connectivity index (χ1) is 7.31. The van der Waals surface area contributed by atoms with Gasteiger partial charge in [-0.15, -0.1) is 0 Å². The molecule has 0 aliphatic carbocycles. The monoisotopic (exact) mass is 209 g/mol. The van der Waals surface area contributed by atoms with Crippen LogP contribution in [0.25, 0.3) is 0 Å². The molecular formula is C11H19N3O. The average Bonchev–Trinajstić information content (AvgIpc) is 2.63. The van der Waals surface area contributed by atoms with E-state index < -0.39 is 0 Å². The first-order valence-electron chi connectivity index (χ1n) is 5.74. The molecule has 1 aliphatic rings. The quantitative estimate of drug-likeness (QED) is 0.709. The van der Waals surface area contributed by atoms with Crippen molar-refractivity contribution in [2.24, 2.45) is 0 Å². The van der Waals surface area contributed by atoms with E-state index in [0.29, 0.717) is 6.04 Å². The van der Waals surface area contributed by atoms with Crippen LogP contribution in [0.15, 0.2) is 0 Å². The third-order valence-corrected chi connectivity index (χ3v) is 2.93. The van der Waals surface area contributed by atoms with Crippen molar-refractivity contribution in [2.45, 2.75) is 45.1 Å². The van der Waals surface area contributed by atoms with E-state index in [1.165, 1.54) is 18.7 Å². The molecule has 0 fully saturated rings. The third-order valence-electron chi connectivity index (χ3n) is 2.93. The molecule has 0 N–H and O–H groups in total. The van der Waals surface area contributed by atoms with Gasteiger partial charge in [0.15, 0.2) is 5.82 Å². The largest absolute Gasteiger partial charge is 0.385 e. The van der Waals surface area contributed by atoms with E-state index in [4.69, 9.17) is 4.74 Å². The Morgan fingerprint density at radius 3 is 3.13 bits per heavy atom. The lowest BCUT2D eigenvalue weighted by atomic mass is 10.1. The zero-order valence-corrected chi connectivity index (χ0v) is 9.57. The van der Waals surface area contributed by atoms with Gasteiger partial charge in [-0.1, -0.05) is 0 Å². The fourth-order valence-electron chi connectivity index (χ4n) is 2.09. The van der Waals surface area contributed by atoms with Gasteiger partial charge in [0.2, 0.25) is 0 Å². The van der Waals surface area contributed by atoms with Gasteiger partial charge in [0.05, 0.1) is 6.04 Å². The summed E-state index contributed by atoms with van der Waals surface area (Å²) < 4.78 is 7.13. The molecule has 2 heterocycles. The smallest absolute Gasteiger partial charge is 0.151 e. The minimum absolute atomic E-state index is 0.525. The average molecular weight is 209 g/mol. The normalized spacial score (nSPS) is 20.3. The number of ether oxygens (including phenoxy) is 1. The summed E-state index contributed by atoms with van der Waals surface area (Å²) in [5.74, 6) is 2.15. The van der Waals surface area contributed by atoms with Gasteiger partial charge in [-0.25, -0.2) is 9.67 Å². The van der Waals surface area contributed by atoms with Gasteiger partial charge in [-0.3, -0.25) is 0 Å². The molecule has 84 valence electrons. The van der Waals surface area contributed by atoms with Crippen molar-refractivity contribution in [2.75, 3.05) is 13.7 Å². The van der Waals surface area contributed by atoms with Crippen molar-refractivity contribution >= 4 is 0 Å².